The molecule has 0 aliphatic carbocycles. The summed E-state index contributed by atoms with van der Waals surface area (Å²) in [5.41, 5.74) is 7.29. The molecule has 0 saturated carbocycles. The minimum Gasteiger partial charge on any atom is -0.493 e. The Bertz CT molecular complexity index is 340. The minimum atomic E-state index is 0.645. The Morgan fingerprint density at radius 2 is 2.15 bits per heavy atom. The first-order valence-electron chi connectivity index (χ1n) is 4.15. The fraction of sp³-hybridized carbons (Fsp3) is 0.200. The molecule has 2 N–H and O–H groups in total. The number of nitrogen functional groups attached to an aromatic ring is 1. The molecule has 1 aromatic carbocycles. The minimum absolute atomic E-state index is 0.645. The third-order valence-corrected chi connectivity index (χ3v) is 2.13. The summed E-state index contributed by atoms with van der Waals surface area (Å²) in [6.45, 7) is 0.752. The Labute approximate surface area is 82.0 Å². The van der Waals surface area contributed by atoms with Gasteiger partial charge in [-0.15, -0.1) is 0 Å². The molecule has 1 aliphatic rings. The van der Waals surface area contributed by atoms with Crippen LogP contribution in [0.4, 0.5) is 5.69 Å². The molecule has 0 fully saturated rings. The zero-order valence-electron chi connectivity index (χ0n) is 7.09. The van der Waals surface area contributed by atoms with Crippen LogP contribution in [-0.4, -0.2) is 6.61 Å². The summed E-state index contributed by atoms with van der Waals surface area (Å²) in [5, 5.41) is 0.645. The van der Waals surface area contributed by atoms with Gasteiger partial charge >= 0.3 is 0 Å². The molecular formula is C10H10ClNO. The van der Waals surface area contributed by atoms with Gasteiger partial charge in [-0.2, -0.15) is 0 Å². The molecule has 3 heteroatoms. The highest BCUT2D eigenvalue weighted by atomic mass is 35.5. The largest absolute Gasteiger partial charge is 0.493 e. The summed E-state index contributed by atoms with van der Waals surface area (Å²) in [7, 11) is 0. The van der Waals surface area contributed by atoms with E-state index in [9.17, 15) is 0 Å². The molecule has 2 nitrogen and oxygen atoms in total. The zero-order chi connectivity index (χ0) is 9.26. The Morgan fingerprint density at radius 3 is 2.77 bits per heavy atom. The summed E-state index contributed by atoms with van der Waals surface area (Å²) < 4.78 is 5.40. The van der Waals surface area contributed by atoms with E-state index in [1.807, 2.05) is 18.2 Å². The lowest BCUT2D eigenvalue weighted by atomic mass is 10.1. The summed E-state index contributed by atoms with van der Waals surface area (Å²) in [4.78, 5) is 0. The summed E-state index contributed by atoms with van der Waals surface area (Å²) in [6, 6.07) is 5.44. The predicted octanol–water partition coefficient (Wildman–Crippen LogP) is 2.68. The van der Waals surface area contributed by atoms with E-state index < -0.39 is 0 Å². The lowest BCUT2D eigenvalue weighted by Gasteiger charge is -2.05. The van der Waals surface area contributed by atoms with Gasteiger partial charge in [0.25, 0.3) is 0 Å². The lowest BCUT2D eigenvalue weighted by molar-refractivity contribution is 0.307. The second-order valence-electron chi connectivity index (χ2n) is 2.98. The number of halogens is 1. The van der Waals surface area contributed by atoms with Crippen molar-refractivity contribution < 1.29 is 4.74 Å². The van der Waals surface area contributed by atoms with Crippen LogP contribution in [-0.2, 0) is 4.74 Å². The smallest absolute Gasteiger partial charge is 0.122 e. The van der Waals surface area contributed by atoms with Gasteiger partial charge in [0.15, 0.2) is 0 Å². The second kappa shape index (κ2) is 3.30. The Hall–Kier alpha value is -1.15. The molecule has 1 aliphatic heterocycles. The van der Waals surface area contributed by atoms with Crippen LogP contribution in [0.2, 0.25) is 5.02 Å². The molecule has 0 atom stereocenters. The topological polar surface area (TPSA) is 35.2 Å². The number of nitrogens with two attached hydrogens (primary N) is 1. The van der Waals surface area contributed by atoms with Crippen molar-refractivity contribution in [2.45, 2.75) is 6.42 Å². The van der Waals surface area contributed by atoms with Gasteiger partial charge in [0.1, 0.15) is 5.76 Å². The van der Waals surface area contributed by atoms with Crippen LogP contribution < -0.4 is 5.73 Å². The first-order valence-corrected chi connectivity index (χ1v) is 4.53. The number of rotatable bonds is 1. The normalized spacial score (nSPS) is 15.3. The van der Waals surface area contributed by atoms with Crippen LogP contribution in [0, 0.1) is 0 Å². The maximum Gasteiger partial charge on any atom is 0.122 e. The molecule has 68 valence electrons. The highest BCUT2D eigenvalue weighted by Crippen LogP contribution is 2.26. The molecule has 0 amide bonds. The molecule has 13 heavy (non-hydrogen) atoms. The molecule has 2 rings (SSSR count). The van der Waals surface area contributed by atoms with Gasteiger partial charge in [-0.25, -0.2) is 0 Å². The summed E-state index contributed by atoms with van der Waals surface area (Å²) >= 11 is 5.87. The van der Waals surface area contributed by atoms with Crippen molar-refractivity contribution in [2.75, 3.05) is 12.3 Å². The van der Waals surface area contributed by atoms with Gasteiger partial charge < -0.3 is 10.5 Å². The van der Waals surface area contributed by atoms with Crippen LogP contribution in [0.15, 0.2) is 24.3 Å². The Balaban J connectivity index is 2.39. The van der Waals surface area contributed by atoms with Gasteiger partial charge in [0.05, 0.1) is 6.61 Å². The average Bonchev–Trinajstić information content (AvgIpc) is 2.53. The van der Waals surface area contributed by atoms with Crippen LogP contribution in [0.3, 0.4) is 0 Å². The lowest BCUT2D eigenvalue weighted by Crippen LogP contribution is -1.90. The highest BCUT2D eigenvalue weighted by molar-refractivity contribution is 6.31. The van der Waals surface area contributed by atoms with E-state index in [-0.39, 0.29) is 0 Å². The van der Waals surface area contributed by atoms with Gasteiger partial charge in [-0.05, 0) is 24.3 Å². The van der Waals surface area contributed by atoms with Crippen molar-refractivity contribution in [2.24, 2.45) is 0 Å². The fourth-order valence-corrected chi connectivity index (χ4v) is 1.62. The SMILES string of the molecule is Nc1cc(Cl)cc(C2=CCCO2)c1. The van der Waals surface area contributed by atoms with E-state index in [0.717, 1.165) is 24.4 Å². The number of hydrogen-bond acceptors (Lipinski definition) is 2. The number of benzene rings is 1. The van der Waals surface area contributed by atoms with Crippen LogP contribution >= 0.6 is 11.6 Å². The van der Waals surface area contributed by atoms with Crippen LogP contribution in [0.1, 0.15) is 12.0 Å². The monoisotopic (exact) mass is 195 g/mol. The number of ether oxygens (including phenoxy) is 1. The Morgan fingerprint density at radius 1 is 1.31 bits per heavy atom. The van der Waals surface area contributed by atoms with Crippen molar-refractivity contribution in [3.63, 3.8) is 0 Å². The Kier molecular flexibility index (Phi) is 2.15. The van der Waals surface area contributed by atoms with E-state index in [1.165, 1.54) is 0 Å². The van der Waals surface area contributed by atoms with E-state index in [4.69, 9.17) is 22.1 Å². The molecule has 1 heterocycles. The van der Waals surface area contributed by atoms with Crippen molar-refractivity contribution in [1.82, 2.24) is 0 Å². The third kappa shape index (κ3) is 1.78. The predicted molar refractivity (Wildman–Crippen MR) is 54.4 cm³/mol. The van der Waals surface area contributed by atoms with Gasteiger partial charge in [-0.1, -0.05) is 11.6 Å². The summed E-state index contributed by atoms with van der Waals surface area (Å²) in [5.74, 6) is 0.884. The molecule has 0 unspecified atom stereocenters. The first-order chi connectivity index (χ1) is 6.25. The highest BCUT2D eigenvalue weighted by Gasteiger charge is 2.09. The van der Waals surface area contributed by atoms with Crippen molar-refractivity contribution >= 4 is 23.0 Å². The van der Waals surface area contributed by atoms with Crippen LogP contribution in [0.25, 0.3) is 5.76 Å². The maximum absolute atomic E-state index is 5.87. The molecule has 0 spiro atoms. The molecule has 0 aromatic heterocycles. The van der Waals surface area contributed by atoms with Gasteiger partial charge in [0, 0.05) is 22.7 Å². The van der Waals surface area contributed by atoms with E-state index in [1.54, 1.807) is 6.07 Å². The standard InChI is InChI=1S/C10H10ClNO/c11-8-4-7(5-9(12)6-8)10-2-1-3-13-10/h2,4-6H,1,3,12H2. The molecule has 0 bridgehead atoms. The number of hydrogen-bond donors (Lipinski definition) is 1. The summed E-state index contributed by atoms with van der Waals surface area (Å²) in [6.07, 6.45) is 3.01. The van der Waals surface area contributed by atoms with Gasteiger partial charge in [0.2, 0.25) is 0 Å². The maximum atomic E-state index is 5.87. The number of anilines is 1. The third-order valence-electron chi connectivity index (χ3n) is 1.91. The zero-order valence-corrected chi connectivity index (χ0v) is 7.84. The second-order valence-corrected chi connectivity index (χ2v) is 3.42. The fourth-order valence-electron chi connectivity index (χ4n) is 1.37. The van der Waals surface area contributed by atoms with E-state index in [0.29, 0.717) is 10.7 Å². The average molecular weight is 196 g/mol. The van der Waals surface area contributed by atoms with Crippen LogP contribution in [0.5, 0.6) is 0 Å². The molecular weight excluding hydrogens is 186 g/mol. The van der Waals surface area contributed by atoms with E-state index >= 15 is 0 Å². The van der Waals surface area contributed by atoms with Crippen molar-refractivity contribution in [3.05, 3.63) is 34.9 Å². The van der Waals surface area contributed by atoms with Crippen molar-refractivity contribution in [3.8, 4) is 0 Å². The molecule has 0 radical (unpaired) electrons. The van der Waals surface area contributed by atoms with Crippen molar-refractivity contribution in [1.29, 1.82) is 0 Å². The van der Waals surface area contributed by atoms with E-state index in [2.05, 4.69) is 0 Å². The quantitative estimate of drug-likeness (QED) is 0.700. The molecule has 1 aromatic rings. The van der Waals surface area contributed by atoms with Gasteiger partial charge in [-0.3, -0.25) is 0 Å². The first kappa shape index (κ1) is 8.45. The molecule has 0 saturated heterocycles.